The molecule has 0 aliphatic carbocycles. The van der Waals surface area contributed by atoms with Gasteiger partial charge in [0.05, 0.1) is 0 Å². The Morgan fingerprint density at radius 2 is 1.18 bits per heavy atom. The highest BCUT2D eigenvalue weighted by Crippen LogP contribution is 2.20. The molecule has 2 rings (SSSR count). The Balaban J connectivity index is 2.01. The van der Waals surface area contributed by atoms with E-state index < -0.39 is 11.8 Å². The molecule has 0 unspecified atom stereocenters. The van der Waals surface area contributed by atoms with Crippen LogP contribution in [0.2, 0.25) is 0 Å². The maximum Gasteiger partial charge on any atom is 0.314 e. The summed E-state index contributed by atoms with van der Waals surface area (Å²) in [7, 11) is 0. The first-order valence-electron chi connectivity index (χ1n) is 6.53. The van der Waals surface area contributed by atoms with Gasteiger partial charge < -0.3 is 10.6 Å². The largest absolute Gasteiger partial charge is 0.318 e. The van der Waals surface area contributed by atoms with Crippen LogP contribution in [0.5, 0.6) is 0 Å². The van der Waals surface area contributed by atoms with Crippen molar-refractivity contribution in [1.82, 2.24) is 0 Å². The number of benzene rings is 2. The molecule has 0 saturated carbocycles. The molecule has 0 aliphatic heterocycles. The Morgan fingerprint density at radius 3 is 1.55 bits per heavy atom. The zero-order valence-electron chi connectivity index (χ0n) is 12.3. The Kier molecular flexibility index (Phi) is 5.91. The Labute approximate surface area is 138 Å². The van der Waals surface area contributed by atoms with Gasteiger partial charge in [0, 0.05) is 21.2 Å². The molecule has 2 amide bonds. The van der Waals surface area contributed by atoms with Crippen LogP contribution in [0.1, 0.15) is 0 Å². The van der Waals surface area contributed by atoms with Crippen molar-refractivity contribution in [2.24, 2.45) is 0 Å². The minimum absolute atomic E-state index is 0.602. The van der Waals surface area contributed by atoms with E-state index in [0.29, 0.717) is 11.4 Å². The van der Waals surface area contributed by atoms with Crippen LogP contribution in [-0.4, -0.2) is 24.3 Å². The number of hydrogen-bond acceptors (Lipinski definition) is 4. The molecule has 2 N–H and O–H groups in total. The van der Waals surface area contributed by atoms with E-state index in [0.717, 1.165) is 9.79 Å². The molecule has 6 heteroatoms. The first-order valence-corrected chi connectivity index (χ1v) is 8.98. The fraction of sp³-hybridized carbons (Fsp3) is 0.125. The van der Waals surface area contributed by atoms with Gasteiger partial charge in [0.2, 0.25) is 0 Å². The molecule has 0 fully saturated rings. The maximum absolute atomic E-state index is 11.9. The quantitative estimate of drug-likeness (QED) is 0.662. The maximum atomic E-state index is 11.9. The standard InChI is InChI=1S/C16H16N2O2S2/c1-21-13-7-3-5-11(9-13)17-15(19)16(20)18-12-6-4-8-14(10-12)22-2/h3-10H,1-2H3,(H,17,19)(H,18,20). The normalized spacial score (nSPS) is 10.1. The summed E-state index contributed by atoms with van der Waals surface area (Å²) < 4.78 is 0. The first kappa shape index (κ1) is 16.5. The molecule has 0 heterocycles. The number of nitrogens with one attached hydrogen (secondary N) is 2. The molecule has 0 bridgehead atoms. The van der Waals surface area contributed by atoms with Crippen LogP contribution >= 0.6 is 23.5 Å². The number of thioether (sulfide) groups is 2. The lowest BCUT2D eigenvalue weighted by Gasteiger charge is -2.08. The van der Waals surface area contributed by atoms with Crippen LogP contribution < -0.4 is 10.6 Å². The van der Waals surface area contributed by atoms with Crippen molar-refractivity contribution >= 4 is 46.7 Å². The van der Waals surface area contributed by atoms with E-state index >= 15 is 0 Å². The van der Waals surface area contributed by atoms with Crippen molar-refractivity contribution in [1.29, 1.82) is 0 Å². The summed E-state index contributed by atoms with van der Waals surface area (Å²) in [6.45, 7) is 0. The molecule has 0 atom stereocenters. The smallest absolute Gasteiger partial charge is 0.314 e. The van der Waals surface area contributed by atoms with Crippen LogP contribution in [0.15, 0.2) is 58.3 Å². The monoisotopic (exact) mass is 332 g/mol. The molecule has 4 nitrogen and oxygen atoms in total. The van der Waals surface area contributed by atoms with Gasteiger partial charge in [0.15, 0.2) is 0 Å². The van der Waals surface area contributed by atoms with E-state index in [1.807, 2.05) is 48.9 Å². The SMILES string of the molecule is CSc1cccc(NC(=O)C(=O)Nc2cccc(SC)c2)c1. The first-order chi connectivity index (χ1) is 10.6. The highest BCUT2D eigenvalue weighted by atomic mass is 32.2. The molecule has 0 aromatic heterocycles. The van der Waals surface area contributed by atoms with E-state index in [4.69, 9.17) is 0 Å². The lowest BCUT2D eigenvalue weighted by Crippen LogP contribution is -2.29. The zero-order chi connectivity index (χ0) is 15.9. The number of amides is 2. The number of carbonyl (C=O) groups excluding carboxylic acids is 2. The second kappa shape index (κ2) is 7.91. The summed E-state index contributed by atoms with van der Waals surface area (Å²) in [5, 5.41) is 5.19. The van der Waals surface area contributed by atoms with Crippen molar-refractivity contribution in [3.8, 4) is 0 Å². The van der Waals surface area contributed by atoms with Crippen LogP contribution in [0.4, 0.5) is 11.4 Å². The minimum Gasteiger partial charge on any atom is -0.318 e. The summed E-state index contributed by atoms with van der Waals surface area (Å²) in [4.78, 5) is 25.9. The molecule has 0 spiro atoms. The van der Waals surface area contributed by atoms with Crippen molar-refractivity contribution in [3.63, 3.8) is 0 Å². The minimum atomic E-state index is -0.687. The van der Waals surface area contributed by atoms with Gasteiger partial charge in [0.1, 0.15) is 0 Å². The topological polar surface area (TPSA) is 58.2 Å². The Hall–Kier alpha value is -1.92. The number of hydrogen-bond donors (Lipinski definition) is 2. The van der Waals surface area contributed by atoms with Crippen LogP contribution in [0, 0.1) is 0 Å². The number of anilines is 2. The van der Waals surface area contributed by atoms with Gasteiger partial charge in [-0.3, -0.25) is 9.59 Å². The Bertz CT molecular complexity index is 630. The van der Waals surface area contributed by atoms with E-state index in [-0.39, 0.29) is 0 Å². The summed E-state index contributed by atoms with van der Waals surface area (Å²) in [6.07, 6.45) is 3.90. The van der Waals surface area contributed by atoms with Gasteiger partial charge in [-0.25, -0.2) is 0 Å². The van der Waals surface area contributed by atoms with Crippen molar-refractivity contribution < 1.29 is 9.59 Å². The van der Waals surface area contributed by atoms with Gasteiger partial charge in [-0.05, 0) is 48.9 Å². The van der Waals surface area contributed by atoms with E-state index in [1.54, 1.807) is 35.7 Å². The van der Waals surface area contributed by atoms with Crippen molar-refractivity contribution in [2.75, 3.05) is 23.1 Å². The van der Waals surface area contributed by atoms with E-state index in [9.17, 15) is 9.59 Å². The van der Waals surface area contributed by atoms with Crippen LogP contribution in [-0.2, 0) is 9.59 Å². The molecular formula is C16H16N2O2S2. The average Bonchev–Trinajstić information content (AvgIpc) is 2.55. The van der Waals surface area contributed by atoms with E-state index in [1.165, 1.54) is 0 Å². The predicted molar refractivity (Wildman–Crippen MR) is 93.7 cm³/mol. The summed E-state index contributed by atoms with van der Waals surface area (Å²) in [5.74, 6) is -1.37. The summed E-state index contributed by atoms with van der Waals surface area (Å²) in [6, 6.07) is 14.7. The predicted octanol–water partition coefficient (Wildman–Crippen LogP) is 3.71. The third-order valence-electron chi connectivity index (χ3n) is 2.86. The number of rotatable bonds is 4. The fourth-order valence-electron chi connectivity index (χ4n) is 1.78. The number of carbonyl (C=O) groups is 2. The molecule has 0 radical (unpaired) electrons. The van der Waals surface area contributed by atoms with Gasteiger partial charge >= 0.3 is 11.8 Å². The van der Waals surface area contributed by atoms with Crippen LogP contribution in [0.3, 0.4) is 0 Å². The second-order valence-electron chi connectivity index (χ2n) is 4.37. The Morgan fingerprint density at radius 1 is 0.773 bits per heavy atom. The third kappa shape index (κ3) is 4.54. The van der Waals surface area contributed by atoms with Crippen molar-refractivity contribution in [3.05, 3.63) is 48.5 Å². The molecule has 0 saturated heterocycles. The van der Waals surface area contributed by atoms with Crippen LogP contribution in [0.25, 0.3) is 0 Å². The molecule has 0 aliphatic rings. The summed E-state index contributed by atoms with van der Waals surface area (Å²) >= 11 is 3.14. The third-order valence-corrected chi connectivity index (χ3v) is 4.31. The van der Waals surface area contributed by atoms with Gasteiger partial charge in [-0.2, -0.15) is 0 Å². The molecule has 2 aromatic rings. The van der Waals surface area contributed by atoms with E-state index in [2.05, 4.69) is 10.6 Å². The molecular weight excluding hydrogens is 316 g/mol. The van der Waals surface area contributed by atoms with Crippen molar-refractivity contribution in [2.45, 2.75) is 9.79 Å². The summed E-state index contributed by atoms with van der Waals surface area (Å²) in [5.41, 5.74) is 1.20. The second-order valence-corrected chi connectivity index (χ2v) is 6.13. The molecule has 2 aromatic carbocycles. The lowest BCUT2D eigenvalue weighted by atomic mass is 10.3. The van der Waals surface area contributed by atoms with Gasteiger partial charge in [0.25, 0.3) is 0 Å². The highest BCUT2D eigenvalue weighted by molar-refractivity contribution is 7.98. The zero-order valence-corrected chi connectivity index (χ0v) is 13.9. The van der Waals surface area contributed by atoms with Gasteiger partial charge in [-0.1, -0.05) is 12.1 Å². The fourth-order valence-corrected chi connectivity index (χ4v) is 2.70. The van der Waals surface area contributed by atoms with Gasteiger partial charge in [-0.15, -0.1) is 23.5 Å². The average molecular weight is 332 g/mol. The highest BCUT2D eigenvalue weighted by Gasteiger charge is 2.14. The molecule has 114 valence electrons. The molecule has 22 heavy (non-hydrogen) atoms. The lowest BCUT2D eigenvalue weighted by molar-refractivity contribution is -0.133.